The van der Waals surface area contributed by atoms with Crippen LogP contribution in [0.2, 0.25) is 0 Å². The monoisotopic (exact) mass is 351 g/mol. The highest BCUT2D eigenvalue weighted by atomic mass is 16.5. The summed E-state index contributed by atoms with van der Waals surface area (Å²) in [5.74, 6) is -2.03. The molecule has 1 aliphatic heterocycles. The third kappa shape index (κ3) is 4.57. The standard InChI is InChI=1S/C21H21NO4/c23-17(11-15-7-3-1-4-8-15)12-18-19(13-22-20(18)24)21(25)26-14-16-9-5-2-6-10-16/h1-10,18-19H,11-14H2,(H,22,24)/t18?,19-/m1/s1. The molecule has 26 heavy (non-hydrogen) atoms. The van der Waals surface area contributed by atoms with Crippen molar-refractivity contribution in [3.63, 3.8) is 0 Å². The van der Waals surface area contributed by atoms with Crippen molar-refractivity contribution >= 4 is 17.7 Å². The van der Waals surface area contributed by atoms with Crippen LogP contribution in [-0.4, -0.2) is 24.2 Å². The average molecular weight is 351 g/mol. The molecule has 0 spiro atoms. The van der Waals surface area contributed by atoms with Crippen LogP contribution in [0.1, 0.15) is 17.5 Å². The Balaban J connectivity index is 1.57. The van der Waals surface area contributed by atoms with E-state index >= 15 is 0 Å². The average Bonchev–Trinajstić information content (AvgIpc) is 3.02. The Morgan fingerprint density at radius 2 is 1.58 bits per heavy atom. The lowest BCUT2D eigenvalue weighted by atomic mass is 9.89. The van der Waals surface area contributed by atoms with Gasteiger partial charge in [0.2, 0.25) is 5.91 Å². The van der Waals surface area contributed by atoms with Crippen LogP contribution >= 0.6 is 0 Å². The number of amides is 1. The van der Waals surface area contributed by atoms with Gasteiger partial charge in [-0.05, 0) is 11.1 Å². The summed E-state index contributed by atoms with van der Waals surface area (Å²) >= 11 is 0. The van der Waals surface area contributed by atoms with Crippen LogP contribution in [0.4, 0.5) is 0 Å². The molecule has 2 aromatic rings. The molecule has 1 amide bonds. The maximum Gasteiger partial charge on any atom is 0.311 e. The summed E-state index contributed by atoms with van der Waals surface area (Å²) in [6, 6.07) is 18.7. The van der Waals surface area contributed by atoms with Gasteiger partial charge in [-0.3, -0.25) is 14.4 Å². The molecule has 1 saturated heterocycles. The molecule has 1 N–H and O–H groups in total. The molecule has 134 valence electrons. The van der Waals surface area contributed by atoms with Gasteiger partial charge in [-0.2, -0.15) is 0 Å². The normalized spacial score (nSPS) is 19.0. The molecule has 0 aromatic heterocycles. The van der Waals surface area contributed by atoms with E-state index in [0.717, 1.165) is 11.1 Å². The molecule has 5 nitrogen and oxygen atoms in total. The second kappa shape index (κ2) is 8.43. The highest BCUT2D eigenvalue weighted by Crippen LogP contribution is 2.24. The van der Waals surface area contributed by atoms with Crippen molar-refractivity contribution in [2.45, 2.75) is 19.4 Å². The molecular weight excluding hydrogens is 330 g/mol. The van der Waals surface area contributed by atoms with Crippen LogP contribution in [0.15, 0.2) is 60.7 Å². The molecule has 0 radical (unpaired) electrons. The van der Waals surface area contributed by atoms with Gasteiger partial charge >= 0.3 is 5.97 Å². The lowest BCUT2D eigenvalue weighted by molar-refractivity contribution is -0.152. The number of carbonyl (C=O) groups excluding carboxylic acids is 3. The first-order chi connectivity index (χ1) is 12.6. The van der Waals surface area contributed by atoms with Crippen molar-refractivity contribution in [2.24, 2.45) is 11.8 Å². The van der Waals surface area contributed by atoms with Gasteiger partial charge in [-0.25, -0.2) is 0 Å². The first-order valence-corrected chi connectivity index (χ1v) is 8.67. The van der Waals surface area contributed by atoms with Crippen molar-refractivity contribution < 1.29 is 19.1 Å². The first-order valence-electron chi connectivity index (χ1n) is 8.67. The molecule has 5 heteroatoms. The summed E-state index contributed by atoms with van der Waals surface area (Å²) in [5.41, 5.74) is 1.79. The smallest absolute Gasteiger partial charge is 0.311 e. The maximum atomic E-state index is 12.4. The Morgan fingerprint density at radius 3 is 2.23 bits per heavy atom. The topological polar surface area (TPSA) is 72.5 Å². The molecule has 1 heterocycles. The van der Waals surface area contributed by atoms with Gasteiger partial charge < -0.3 is 10.1 Å². The lowest BCUT2D eigenvalue weighted by Gasteiger charge is -2.15. The van der Waals surface area contributed by atoms with Crippen LogP contribution in [0.25, 0.3) is 0 Å². The van der Waals surface area contributed by atoms with Gasteiger partial charge in [0.05, 0.1) is 11.8 Å². The van der Waals surface area contributed by atoms with E-state index in [-0.39, 0.29) is 37.7 Å². The van der Waals surface area contributed by atoms with E-state index < -0.39 is 17.8 Å². The highest BCUT2D eigenvalue weighted by molar-refractivity contribution is 5.93. The van der Waals surface area contributed by atoms with Crippen LogP contribution < -0.4 is 5.32 Å². The van der Waals surface area contributed by atoms with E-state index in [1.54, 1.807) is 0 Å². The number of hydrogen-bond donors (Lipinski definition) is 1. The summed E-state index contributed by atoms with van der Waals surface area (Å²) in [4.78, 5) is 36.8. The van der Waals surface area contributed by atoms with Gasteiger partial charge in [0.15, 0.2) is 0 Å². The van der Waals surface area contributed by atoms with Crippen LogP contribution in [0.5, 0.6) is 0 Å². The van der Waals surface area contributed by atoms with Crippen LogP contribution in [-0.2, 0) is 32.1 Å². The largest absolute Gasteiger partial charge is 0.461 e. The van der Waals surface area contributed by atoms with Gasteiger partial charge in [0.1, 0.15) is 12.4 Å². The number of ether oxygens (including phenoxy) is 1. The van der Waals surface area contributed by atoms with E-state index in [1.165, 1.54) is 0 Å². The lowest BCUT2D eigenvalue weighted by Crippen LogP contribution is -2.28. The molecule has 0 bridgehead atoms. The van der Waals surface area contributed by atoms with Gasteiger partial charge in [0.25, 0.3) is 0 Å². The zero-order chi connectivity index (χ0) is 18.4. The summed E-state index contributed by atoms with van der Waals surface area (Å²) in [6.45, 7) is 0.380. The van der Waals surface area contributed by atoms with Crippen molar-refractivity contribution in [1.29, 1.82) is 0 Å². The summed E-state index contributed by atoms with van der Waals surface area (Å²) in [6.07, 6.45) is 0.308. The van der Waals surface area contributed by atoms with E-state index in [0.29, 0.717) is 0 Å². The van der Waals surface area contributed by atoms with Crippen LogP contribution in [0, 0.1) is 11.8 Å². The van der Waals surface area contributed by atoms with Crippen molar-refractivity contribution in [2.75, 3.05) is 6.54 Å². The van der Waals surface area contributed by atoms with Crippen molar-refractivity contribution in [3.8, 4) is 0 Å². The molecule has 2 atom stereocenters. The molecule has 0 aliphatic carbocycles. The molecule has 3 rings (SSSR count). The van der Waals surface area contributed by atoms with Crippen LogP contribution in [0.3, 0.4) is 0 Å². The van der Waals surface area contributed by atoms with E-state index in [2.05, 4.69) is 5.32 Å². The van der Waals surface area contributed by atoms with Crippen molar-refractivity contribution in [3.05, 3.63) is 71.8 Å². The Kier molecular flexibility index (Phi) is 5.79. The van der Waals surface area contributed by atoms with E-state index in [1.807, 2.05) is 60.7 Å². The third-order valence-electron chi connectivity index (χ3n) is 4.54. The summed E-state index contributed by atoms with van der Waals surface area (Å²) in [5, 5.41) is 2.68. The minimum absolute atomic E-state index is 0.0475. The Hall–Kier alpha value is -2.95. The Morgan fingerprint density at radius 1 is 0.962 bits per heavy atom. The third-order valence-corrected chi connectivity index (χ3v) is 4.54. The molecule has 2 aromatic carbocycles. The Labute approximate surface area is 152 Å². The van der Waals surface area contributed by atoms with Crippen molar-refractivity contribution in [1.82, 2.24) is 5.32 Å². The first kappa shape index (κ1) is 17.9. The number of benzene rings is 2. The molecule has 1 aliphatic rings. The number of carbonyl (C=O) groups is 3. The quantitative estimate of drug-likeness (QED) is 0.777. The van der Waals surface area contributed by atoms with Gasteiger partial charge in [-0.1, -0.05) is 60.7 Å². The zero-order valence-electron chi connectivity index (χ0n) is 14.4. The summed E-state index contributed by atoms with van der Waals surface area (Å²) < 4.78 is 5.35. The molecule has 1 fully saturated rings. The fraction of sp³-hybridized carbons (Fsp3) is 0.286. The highest BCUT2D eigenvalue weighted by Gasteiger charge is 2.41. The summed E-state index contributed by atoms with van der Waals surface area (Å²) in [7, 11) is 0. The fourth-order valence-corrected chi connectivity index (χ4v) is 3.13. The maximum absolute atomic E-state index is 12.4. The Bertz CT molecular complexity index is 773. The van der Waals surface area contributed by atoms with Gasteiger partial charge in [0, 0.05) is 19.4 Å². The predicted octanol–water partition coefficient (Wildman–Crippen LogP) is 2.29. The number of esters is 1. The zero-order valence-corrected chi connectivity index (χ0v) is 14.4. The minimum atomic E-state index is -0.658. The molecule has 1 unspecified atom stereocenters. The van der Waals surface area contributed by atoms with E-state index in [9.17, 15) is 14.4 Å². The molecular formula is C21H21NO4. The minimum Gasteiger partial charge on any atom is -0.461 e. The number of rotatable bonds is 7. The second-order valence-corrected chi connectivity index (χ2v) is 6.46. The van der Waals surface area contributed by atoms with E-state index in [4.69, 9.17) is 4.74 Å². The molecule has 0 saturated carbocycles. The number of nitrogens with one attached hydrogen (secondary N) is 1. The second-order valence-electron chi connectivity index (χ2n) is 6.46. The van der Waals surface area contributed by atoms with Gasteiger partial charge in [-0.15, -0.1) is 0 Å². The number of Topliss-reactive ketones (excluding diaryl/α,β-unsaturated/α-hetero) is 1. The SMILES string of the molecule is O=C(Cc1ccccc1)CC1C(=O)NC[C@H]1C(=O)OCc1ccccc1. The number of hydrogen-bond acceptors (Lipinski definition) is 4. The number of ketones is 1. The predicted molar refractivity (Wildman–Crippen MR) is 96.0 cm³/mol. The fourth-order valence-electron chi connectivity index (χ4n) is 3.13.